The zero-order chi connectivity index (χ0) is 18.4. The highest BCUT2D eigenvalue weighted by Gasteiger charge is 2.70. The van der Waals surface area contributed by atoms with Gasteiger partial charge in [0, 0.05) is 6.42 Å². The summed E-state index contributed by atoms with van der Waals surface area (Å²) in [6.45, 7) is 18.0. The third-order valence-corrected chi connectivity index (χ3v) is 6.17. The fraction of sp³-hybridized carbons (Fsp3) is 0.800. The van der Waals surface area contributed by atoms with E-state index in [9.17, 15) is 5.11 Å². The van der Waals surface area contributed by atoms with E-state index in [1.165, 1.54) is 5.57 Å². The van der Waals surface area contributed by atoms with Gasteiger partial charge >= 0.3 is 0 Å². The van der Waals surface area contributed by atoms with Gasteiger partial charge in [-0.3, -0.25) is 0 Å². The van der Waals surface area contributed by atoms with E-state index in [0.29, 0.717) is 12.2 Å². The van der Waals surface area contributed by atoms with Crippen molar-refractivity contribution in [3.8, 4) is 0 Å². The molecule has 136 valence electrons. The highest BCUT2D eigenvalue weighted by Crippen LogP contribution is 2.60. The van der Waals surface area contributed by atoms with Crippen molar-refractivity contribution in [3.63, 3.8) is 0 Å². The Morgan fingerprint density at radius 2 is 1.46 bits per heavy atom. The third-order valence-electron chi connectivity index (χ3n) is 6.17. The van der Waals surface area contributed by atoms with Crippen molar-refractivity contribution in [1.29, 1.82) is 0 Å². The van der Waals surface area contributed by atoms with Crippen molar-refractivity contribution in [2.24, 2.45) is 0 Å². The van der Waals surface area contributed by atoms with Crippen molar-refractivity contribution in [2.45, 2.75) is 102 Å². The van der Waals surface area contributed by atoms with Crippen LogP contribution in [-0.4, -0.2) is 38.7 Å². The van der Waals surface area contributed by atoms with Gasteiger partial charge in [-0.15, -0.1) is 0 Å². The molecule has 0 saturated carbocycles. The topological polar surface area (TPSA) is 47.9 Å². The van der Waals surface area contributed by atoms with E-state index in [1.54, 1.807) is 13.8 Å². The first-order valence-electron chi connectivity index (χ1n) is 8.81. The van der Waals surface area contributed by atoms with Gasteiger partial charge in [-0.1, -0.05) is 0 Å². The Morgan fingerprint density at radius 1 is 0.917 bits per heavy atom. The Labute approximate surface area is 145 Å². The van der Waals surface area contributed by atoms with Gasteiger partial charge in [0.05, 0.1) is 11.2 Å². The smallest absolute Gasteiger partial charge is 0.136 e. The van der Waals surface area contributed by atoms with Crippen LogP contribution in [0.15, 0.2) is 23.5 Å². The summed E-state index contributed by atoms with van der Waals surface area (Å²) in [7, 11) is 0. The van der Waals surface area contributed by atoms with Crippen molar-refractivity contribution in [1.82, 2.24) is 0 Å². The molecule has 3 aliphatic rings. The van der Waals surface area contributed by atoms with Crippen LogP contribution in [0, 0.1) is 0 Å². The van der Waals surface area contributed by atoms with Gasteiger partial charge in [0.25, 0.3) is 0 Å². The van der Waals surface area contributed by atoms with Crippen molar-refractivity contribution in [2.75, 3.05) is 0 Å². The number of hydrogen-bond acceptors (Lipinski definition) is 4. The summed E-state index contributed by atoms with van der Waals surface area (Å²) in [6.07, 6.45) is 4.87. The maximum atomic E-state index is 10.4. The lowest BCUT2D eigenvalue weighted by Gasteiger charge is -2.38. The summed E-state index contributed by atoms with van der Waals surface area (Å²) in [5, 5.41) is 10.4. The SMILES string of the molecule is CC1=C[C@@]2(C[C@@]3(C=C(C(C)(C)O)OC3(C)C)OC2(C)C)OC1(C)C. The maximum Gasteiger partial charge on any atom is 0.136 e. The molecule has 2 spiro atoms. The van der Waals surface area contributed by atoms with Crippen molar-refractivity contribution >= 4 is 0 Å². The number of rotatable bonds is 1. The first kappa shape index (κ1) is 18.0. The van der Waals surface area contributed by atoms with Crippen LogP contribution in [0.3, 0.4) is 0 Å². The van der Waals surface area contributed by atoms with Gasteiger partial charge in [0.1, 0.15) is 28.2 Å². The van der Waals surface area contributed by atoms with Crippen LogP contribution in [0.2, 0.25) is 0 Å². The van der Waals surface area contributed by atoms with Gasteiger partial charge in [0.15, 0.2) is 0 Å². The molecule has 0 radical (unpaired) electrons. The number of hydrogen-bond donors (Lipinski definition) is 1. The van der Waals surface area contributed by atoms with Crippen molar-refractivity contribution in [3.05, 3.63) is 23.5 Å². The lowest BCUT2D eigenvalue weighted by atomic mass is 9.76. The van der Waals surface area contributed by atoms with Gasteiger partial charge in [0.2, 0.25) is 0 Å². The Hall–Kier alpha value is -0.840. The molecule has 4 nitrogen and oxygen atoms in total. The Bertz CT molecular complexity index is 633. The van der Waals surface area contributed by atoms with Crippen LogP contribution < -0.4 is 0 Å². The van der Waals surface area contributed by atoms with Gasteiger partial charge in [-0.05, 0) is 80.0 Å². The summed E-state index contributed by atoms with van der Waals surface area (Å²) in [6, 6.07) is 0. The summed E-state index contributed by atoms with van der Waals surface area (Å²) >= 11 is 0. The van der Waals surface area contributed by atoms with Crippen LogP contribution in [-0.2, 0) is 14.2 Å². The highest BCUT2D eigenvalue weighted by molar-refractivity contribution is 5.38. The molecule has 0 bridgehead atoms. The fourth-order valence-electron chi connectivity index (χ4n) is 4.15. The van der Waals surface area contributed by atoms with E-state index in [-0.39, 0.29) is 5.60 Å². The minimum atomic E-state index is -1.04. The van der Waals surface area contributed by atoms with Crippen LogP contribution >= 0.6 is 0 Å². The summed E-state index contributed by atoms with van der Waals surface area (Å²) in [4.78, 5) is 0. The number of aliphatic hydroxyl groups is 1. The van der Waals surface area contributed by atoms with E-state index in [2.05, 4.69) is 40.7 Å². The van der Waals surface area contributed by atoms with E-state index in [4.69, 9.17) is 14.2 Å². The van der Waals surface area contributed by atoms with E-state index in [0.717, 1.165) is 0 Å². The normalized spacial score (nSPS) is 39.2. The lowest BCUT2D eigenvalue weighted by Crippen LogP contribution is -2.47. The minimum absolute atomic E-state index is 0.307. The predicted molar refractivity (Wildman–Crippen MR) is 93.7 cm³/mol. The Balaban J connectivity index is 2.09. The van der Waals surface area contributed by atoms with Crippen LogP contribution in [0.4, 0.5) is 0 Å². The minimum Gasteiger partial charge on any atom is -0.486 e. The van der Waals surface area contributed by atoms with Gasteiger partial charge < -0.3 is 19.3 Å². The first-order valence-corrected chi connectivity index (χ1v) is 8.81. The van der Waals surface area contributed by atoms with Crippen molar-refractivity contribution < 1.29 is 19.3 Å². The molecule has 1 fully saturated rings. The van der Waals surface area contributed by atoms with Crippen LogP contribution in [0.1, 0.15) is 68.7 Å². The van der Waals surface area contributed by atoms with Gasteiger partial charge in [-0.25, -0.2) is 0 Å². The average molecular weight is 336 g/mol. The first-order chi connectivity index (χ1) is 10.6. The molecular formula is C20H32O4. The van der Waals surface area contributed by atoms with Crippen LogP contribution in [0.5, 0.6) is 0 Å². The Kier molecular flexibility index (Phi) is 3.34. The summed E-state index contributed by atoms with van der Waals surface area (Å²) < 4.78 is 19.3. The average Bonchev–Trinajstić information content (AvgIpc) is 2.79. The second-order valence-electron chi connectivity index (χ2n) is 9.69. The van der Waals surface area contributed by atoms with Gasteiger partial charge in [-0.2, -0.15) is 0 Å². The molecule has 3 rings (SSSR count). The molecule has 0 aromatic heterocycles. The van der Waals surface area contributed by atoms with Crippen LogP contribution in [0.25, 0.3) is 0 Å². The maximum absolute atomic E-state index is 10.4. The quantitative estimate of drug-likeness (QED) is 0.738. The summed E-state index contributed by atoms with van der Waals surface area (Å²) in [5.74, 6) is 0.568. The highest BCUT2D eigenvalue weighted by atomic mass is 16.6. The molecule has 0 amide bonds. The van der Waals surface area contributed by atoms with E-state index >= 15 is 0 Å². The molecule has 3 aliphatic heterocycles. The molecule has 1 saturated heterocycles. The molecule has 2 atom stereocenters. The zero-order valence-corrected chi connectivity index (χ0v) is 16.5. The van der Waals surface area contributed by atoms with E-state index in [1.807, 2.05) is 19.9 Å². The molecule has 0 unspecified atom stereocenters. The predicted octanol–water partition coefficient (Wildman–Crippen LogP) is 3.88. The molecule has 0 aliphatic carbocycles. The third kappa shape index (κ3) is 2.23. The molecule has 24 heavy (non-hydrogen) atoms. The molecule has 3 heterocycles. The molecule has 1 N–H and O–H groups in total. The molecule has 0 aromatic rings. The largest absolute Gasteiger partial charge is 0.486 e. The standard InChI is InChI=1S/C20H32O4/c1-13-10-19(23-16(13,4)5)12-20(24-18(19,8)9)11-14(15(2,3)21)22-17(20,6)7/h10-11,21H,12H2,1-9H3/t19-,20+/m0/s1. The second kappa shape index (κ2) is 4.46. The molecule has 0 aromatic carbocycles. The van der Waals surface area contributed by atoms with E-state index < -0.39 is 28.0 Å². The monoisotopic (exact) mass is 336 g/mol. The fourth-order valence-corrected chi connectivity index (χ4v) is 4.15. The summed E-state index contributed by atoms with van der Waals surface area (Å²) in [5.41, 5.74) is -2.35. The number of ether oxygens (including phenoxy) is 3. The molecule has 4 heteroatoms. The Morgan fingerprint density at radius 3 is 1.88 bits per heavy atom. The zero-order valence-electron chi connectivity index (χ0n) is 16.5. The lowest BCUT2D eigenvalue weighted by molar-refractivity contribution is -0.177. The molecular weight excluding hydrogens is 304 g/mol. The second-order valence-corrected chi connectivity index (χ2v) is 9.69.